The zero-order chi connectivity index (χ0) is 13.9. The van der Waals surface area contributed by atoms with Gasteiger partial charge in [0.1, 0.15) is 8.07 Å². The molecule has 4 rings (SSSR count). The third-order valence-electron chi connectivity index (χ3n) is 5.09. The Morgan fingerprint density at radius 1 is 0.950 bits per heavy atom. The zero-order valence-electron chi connectivity index (χ0n) is 12.5. The van der Waals surface area contributed by atoms with Gasteiger partial charge in [0.2, 0.25) is 0 Å². The highest BCUT2D eigenvalue weighted by atomic mass is 28.3. The average Bonchev–Trinajstić information content (AvgIpc) is 2.92. The monoisotopic (exact) mass is 276 g/mol. The molecule has 0 amide bonds. The Bertz CT molecular complexity index is 736. The molecular weight excluding hydrogens is 256 g/mol. The first-order chi connectivity index (χ1) is 9.64. The summed E-state index contributed by atoms with van der Waals surface area (Å²) in [6.07, 6.45) is 2.40. The minimum atomic E-state index is -1.47. The summed E-state index contributed by atoms with van der Waals surface area (Å²) in [4.78, 5) is 0. The van der Waals surface area contributed by atoms with Gasteiger partial charge in [-0.2, -0.15) is 0 Å². The van der Waals surface area contributed by atoms with Gasteiger partial charge in [-0.1, -0.05) is 68.1 Å². The van der Waals surface area contributed by atoms with E-state index in [1.54, 1.807) is 32.6 Å². The Morgan fingerprint density at radius 2 is 1.70 bits per heavy atom. The lowest BCUT2D eigenvalue weighted by atomic mass is 9.97. The van der Waals surface area contributed by atoms with Crippen LogP contribution in [0, 0.1) is 0 Å². The Hall–Kier alpha value is -1.60. The highest BCUT2D eigenvalue weighted by molar-refractivity contribution is 7.07. The lowest BCUT2D eigenvalue weighted by Crippen LogP contribution is -2.39. The SMILES string of the molecule is CCC1=C2c3c(ccc(c3-c3ccccc3)[Si]2(C)C)C1. The molecule has 2 aromatic rings. The molecule has 0 saturated carbocycles. The first-order valence-corrected chi connectivity index (χ1v) is 10.6. The van der Waals surface area contributed by atoms with Gasteiger partial charge >= 0.3 is 0 Å². The van der Waals surface area contributed by atoms with Crippen molar-refractivity contribution in [2.45, 2.75) is 32.9 Å². The predicted molar refractivity (Wildman–Crippen MR) is 89.9 cm³/mol. The number of fused-ring (bicyclic) bond motifs is 1. The Kier molecular flexibility index (Phi) is 2.40. The van der Waals surface area contributed by atoms with Gasteiger partial charge in [0.15, 0.2) is 0 Å². The van der Waals surface area contributed by atoms with Crippen LogP contribution in [0.5, 0.6) is 0 Å². The van der Waals surface area contributed by atoms with Crippen LogP contribution in [0.4, 0.5) is 0 Å². The fourth-order valence-electron chi connectivity index (χ4n) is 4.19. The van der Waals surface area contributed by atoms with Crippen LogP contribution in [0.1, 0.15) is 24.5 Å². The van der Waals surface area contributed by atoms with E-state index in [0.29, 0.717) is 0 Å². The highest BCUT2D eigenvalue weighted by Gasteiger charge is 2.44. The quantitative estimate of drug-likeness (QED) is 0.706. The van der Waals surface area contributed by atoms with E-state index in [2.05, 4.69) is 62.5 Å². The van der Waals surface area contributed by atoms with Crippen molar-refractivity contribution >= 4 is 18.5 Å². The summed E-state index contributed by atoms with van der Waals surface area (Å²) in [7, 11) is -1.47. The molecule has 1 heteroatoms. The van der Waals surface area contributed by atoms with Crippen molar-refractivity contribution in [1.29, 1.82) is 0 Å². The van der Waals surface area contributed by atoms with Gasteiger partial charge < -0.3 is 0 Å². The van der Waals surface area contributed by atoms with E-state index in [9.17, 15) is 0 Å². The molecule has 2 aromatic carbocycles. The Morgan fingerprint density at radius 3 is 2.40 bits per heavy atom. The lowest BCUT2D eigenvalue weighted by Gasteiger charge is -2.21. The van der Waals surface area contributed by atoms with E-state index in [0.717, 1.165) is 0 Å². The second kappa shape index (κ2) is 3.95. The summed E-state index contributed by atoms with van der Waals surface area (Å²) in [5.74, 6) is 0. The number of hydrogen-bond acceptors (Lipinski definition) is 0. The summed E-state index contributed by atoms with van der Waals surface area (Å²) >= 11 is 0. The summed E-state index contributed by atoms with van der Waals surface area (Å²) in [6.45, 7) is 7.38. The van der Waals surface area contributed by atoms with Gasteiger partial charge in [-0.3, -0.25) is 0 Å². The largest absolute Gasteiger partial charge is 0.113 e. The average molecular weight is 276 g/mol. The Labute approximate surface area is 122 Å². The van der Waals surface area contributed by atoms with Crippen molar-refractivity contribution in [2.24, 2.45) is 0 Å². The lowest BCUT2D eigenvalue weighted by molar-refractivity contribution is 1.04. The molecule has 0 atom stereocenters. The number of benzene rings is 2. The van der Waals surface area contributed by atoms with Gasteiger partial charge in [0.25, 0.3) is 0 Å². The minimum absolute atomic E-state index is 1.19. The van der Waals surface area contributed by atoms with Crippen molar-refractivity contribution in [3.05, 3.63) is 59.2 Å². The molecule has 0 spiro atoms. The molecule has 100 valence electrons. The topological polar surface area (TPSA) is 0 Å². The molecule has 1 heterocycles. The Balaban J connectivity index is 2.09. The fourth-order valence-corrected chi connectivity index (χ4v) is 7.91. The second-order valence-corrected chi connectivity index (χ2v) is 10.8. The van der Waals surface area contributed by atoms with Crippen LogP contribution in [-0.4, -0.2) is 8.07 Å². The van der Waals surface area contributed by atoms with Gasteiger partial charge in [0.05, 0.1) is 0 Å². The van der Waals surface area contributed by atoms with Crippen LogP contribution in [-0.2, 0) is 6.42 Å². The summed E-state index contributed by atoms with van der Waals surface area (Å²) < 4.78 is 0. The van der Waals surface area contributed by atoms with Crippen LogP contribution >= 0.6 is 0 Å². The molecule has 1 aliphatic carbocycles. The number of rotatable bonds is 2. The molecule has 0 N–H and O–H groups in total. The maximum Gasteiger partial charge on any atom is 0.113 e. The molecule has 2 bridgehead atoms. The minimum Gasteiger partial charge on any atom is -0.0658 e. The van der Waals surface area contributed by atoms with Gasteiger partial charge in [-0.05, 0) is 45.5 Å². The highest BCUT2D eigenvalue weighted by Crippen LogP contribution is 2.49. The first-order valence-electron chi connectivity index (χ1n) is 7.59. The van der Waals surface area contributed by atoms with Crippen LogP contribution in [0.15, 0.2) is 48.0 Å². The maximum absolute atomic E-state index is 2.53. The van der Waals surface area contributed by atoms with Crippen molar-refractivity contribution in [3.8, 4) is 11.1 Å². The predicted octanol–water partition coefficient (Wildman–Crippen LogP) is 4.54. The van der Waals surface area contributed by atoms with E-state index in [4.69, 9.17) is 0 Å². The third kappa shape index (κ3) is 1.36. The molecule has 20 heavy (non-hydrogen) atoms. The first kappa shape index (κ1) is 12.2. The van der Waals surface area contributed by atoms with Gasteiger partial charge in [0, 0.05) is 0 Å². The number of allylic oxidation sites excluding steroid dienone is 1. The van der Waals surface area contributed by atoms with Crippen molar-refractivity contribution < 1.29 is 0 Å². The van der Waals surface area contributed by atoms with Crippen LogP contribution in [0.2, 0.25) is 13.1 Å². The molecule has 0 radical (unpaired) electrons. The molecule has 0 fully saturated rings. The van der Waals surface area contributed by atoms with Crippen LogP contribution in [0.25, 0.3) is 16.3 Å². The molecule has 0 unspecified atom stereocenters. The number of hydrogen-bond donors (Lipinski definition) is 0. The van der Waals surface area contributed by atoms with Crippen LogP contribution < -0.4 is 5.19 Å². The van der Waals surface area contributed by atoms with Gasteiger partial charge in [-0.25, -0.2) is 0 Å². The maximum atomic E-state index is 2.53. The molecule has 1 aliphatic heterocycles. The summed E-state index contributed by atoms with van der Waals surface area (Å²) in [5, 5.41) is 3.40. The van der Waals surface area contributed by atoms with E-state index < -0.39 is 8.07 Å². The summed E-state index contributed by atoms with van der Waals surface area (Å²) in [6, 6.07) is 15.8. The normalized spacial score (nSPS) is 17.9. The molecule has 0 nitrogen and oxygen atoms in total. The molecule has 0 aromatic heterocycles. The van der Waals surface area contributed by atoms with Crippen molar-refractivity contribution in [2.75, 3.05) is 0 Å². The van der Waals surface area contributed by atoms with Crippen molar-refractivity contribution in [1.82, 2.24) is 0 Å². The van der Waals surface area contributed by atoms with E-state index in [1.165, 1.54) is 18.4 Å². The van der Waals surface area contributed by atoms with E-state index in [-0.39, 0.29) is 0 Å². The van der Waals surface area contributed by atoms with Crippen LogP contribution in [0.3, 0.4) is 0 Å². The van der Waals surface area contributed by atoms with E-state index in [1.807, 2.05) is 0 Å². The smallest absolute Gasteiger partial charge is 0.0658 e. The zero-order valence-corrected chi connectivity index (χ0v) is 13.5. The standard InChI is InChI=1S/C19H20Si/c1-4-13-12-15-10-11-16-17(14-8-6-5-7-9-14)18(15)19(13)20(16,2)3/h5-11H,4,12H2,1-3H3. The molecular formula is C19H20Si. The molecule has 2 aliphatic rings. The second-order valence-electron chi connectivity index (χ2n) is 6.52. The fraction of sp³-hybridized carbons (Fsp3) is 0.263. The summed E-state index contributed by atoms with van der Waals surface area (Å²) in [5.41, 5.74) is 7.85. The van der Waals surface area contributed by atoms with Crippen molar-refractivity contribution in [3.63, 3.8) is 0 Å². The van der Waals surface area contributed by atoms with Gasteiger partial charge in [-0.15, -0.1) is 0 Å². The van der Waals surface area contributed by atoms with E-state index >= 15 is 0 Å². The third-order valence-corrected chi connectivity index (χ3v) is 8.70. The molecule has 0 saturated heterocycles.